The third kappa shape index (κ3) is 2.65. The van der Waals surface area contributed by atoms with E-state index in [-0.39, 0.29) is 6.29 Å². The van der Waals surface area contributed by atoms with E-state index in [0.29, 0.717) is 20.0 Å². The van der Waals surface area contributed by atoms with Crippen molar-refractivity contribution in [3.63, 3.8) is 0 Å². The van der Waals surface area contributed by atoms with E-state index >= 15 is 0 Å². The van der Waals surface area contributed by atoms with Gasteiger partial charge in [-0.15, -0.1) is 0 Å². The summed E-state index contributed by atoms with van der Waals surface area (Å²) in [5.74, 6) is 1.58. The standard InChI is InChI=1S/C12H16O4/c1-3-13-9(2)14-7-10-4-5-11-12(6-10)16-8-15-11/h4-6,9H,3,7-8H2,1-2H3. The number of benzene rings is 1. The SMILES string of the molecule is CCOC(C)OCc1ccc2c(c1)OCO2. The van der Waals surface area contributed by atoms with Crippen molar-refractivity contribution in [2.45, 2.75) is 26.7 Å². The number of hydrogen-bond acceptors (Lipinski definition) is 4. The summed E-state index contributed by atoms with van der Waals surface area (Å²) in [4.78, 5) is 0. The van der Waals surface area contributed by atoms with Gasteiger partial charge in [0, 0.05) is 6.61 Å². The molecule has 0 saturated carbocycles. The van der Waals surface area contributed by atoms with Crippen LogP contribution in [0.5, 0.6) is 11.5 Å². The van der Waals surface area contributed by atoms with Gasteiger partial charge in [-0.2, -0.15) is 0 Å². The summed E-state index contributed by atoms with van der Waals surface area (Å²) in [5.41, 5.74) is 1.05. The van der Waals surface area contributed by atoms with Crippen LogP contribution in [-0.2, 0) is 16.1 Å². The van der Waals surface area contributed by atoms with Gasteiger partial charge in [-0.25, -0.2) is 0 Å². The van der Waals surface area contributed by atoms with Gasteiger partial charge in [0.05, 0.1) is 6.61 Å². The molecule has 2 rings (SSSR count). The van der Waals surface area contributed by atoms with Crippen LogP contribution in [0.4, 0.5) is 0 Å². The maximum Gasteiger partial charge on any atom is 0.231 e. The lowest BCUT2D eigenvalue weighted by Crippen LogP contribution is -2.12. The molecule has 1 aromatic rings. The first kappa shape index (κ1) is 11.2. The Labute approximate surface area is 95.1 Å². The van der Waals surface area contributed by atoms with Crippen molar-refractivity contribution in [3.05, 3.63) is 23.8 Å². The summed E-state index contributed by atoms with van der Waals surface area (Å²) in [7, 11) is 0. The number of rotatable bonds is 5. The molecule has 1 aromatic carbocycles. The molecule has 16 heavy (non-hydrogen) atoms. The normalized spacial score (nSPS) is 15.1. The second-order valence-electron chi connectivity index (χ2n) is 3.52. The Kier molecular flexibility index (Phi) is 3.64. The first-order valence-electron chi connectivity index (χ1n) is 5.41. The molecule has 0 radical (unpaired) electrons. The van der Waals surface area contributed by atoms with Gasteiger partial charge in [0.1, 0.15) is 0 Å². The van der Waals surface area contributed by atoms with Crippen LogP contribution in [0.15, 0.2) is 18.2 Å². The topological polar surface area (TPSA) is 36.9 Å². The highest BCUT2D eigenvalue weighted by Gasteiger charge is 2.13. The van der Waals surface area contributed by atoms with Gasteiger partial charge in [-0.1, -0.05) is 6.07 Å². The highest BCUT2D eigenvalue weighted by Crippen LogP contribution is 2.32. The molecule has 0 N–H and O–H groups in total. The van der Waals surface area contributed by atoms with E-state index in [4.69, 9.17) is 18.9 Å². The molecular weight excluding hydrogens is 208 g/mol. The molecule has 0 amide bonds. The molecule has 1 heterocycles. The number of fused-ring (bicyclic) bond motifs is 1. The summed E-state index contributed by atoms with van der Waals surface area (Å²) in [6.07, 6.45) is -0.185. The fourth-order valence-electron chi connectivity index (χ4n) is 1.53. The van der Waals surface area contributed by atoms with Crippen molar-refractivity contribution in [1.82, 2.24) is 0 Å². The minimum Gasteiger partial charge on any atom is -0.454 e. The maximum absolute atomic E-state index is 5.51. The predicted molar refractivity (Wildman–Crippen MR) is 58.4 cm³/mol. The second-order valence-corrected chi connectivity index (χ2v) is 3.52. The van der Waals surface area contributed by atoms with Gasteiger partial charge in [-0.3, -0.25) is 0 Å². The molecule has 1 aliphatic heterocycles. The largest absolute Gasteiger partial charge is 0.454 e. The first-order valence-corrected chi connectivity index (χ1v) is 5.41. The first-order chi connectivity index (χ1) is 7.79. The lowest BCUT2D eigenvalue weighted by Gasteiger charge is -2.12. The molecule has 1 atom stereocenters. The molecule has 1 aliphatic rings. The van der Waals surface area contributed by atoms with E-state index in [9.17, 15) is 0 Å². The summed E-state index contributed by atoms with van der Waals surface area (Å²) < 4.78 is 21.3. The monoisotopic (exact) mass is 224 g/mol. The van der Waals surface area contributed by atoms with Crippen molar-refractivity contribution in [1.29, 1.82) is 0 Å². The van der Waals surface area contributed by atoms with Crippen LogP contribution >= 0.6 is 0 Å². The smallest absolute Gasteiger partial charge is 0.231 e. The second kappa shape index (κ2) is 5.18. The molecule has 0 fully saturated rings. The maximum atomic E-state index is 5.51. The molecule has 0 bridgehead atoms. The third-order valence-electron chi connectivity index (χ3n) is 2.32. The van der Waals surface area contributed by atoms with E-state index in [2.05, 4.69) is 0 Å². The van der Waals surface area contributed by atoms with E-state index in [1.54, 1.807) is 0 Å². The van der Waals surface area contributed by atoms with E-state index in [1.807, 2.05) is 32.0 Å². The molecule has 1 unspecified atom stereocenters. The van der Waals surface area contributed by atoms with Crippen molar-refractivity contribution >= 4 is 0 Å². The van der Waals surface area contributed by atoms with Crippen LogP contribution in [0.2, 0.25) is 0 Å². The minimum atomic E-state index is -0.185. The van der Waals surface area contributed by atoms with E-state index in [0.717, 1.165) is 17.1 Å². The molecular formula is C12H16O4. The Morgan fingerprint density at radius 3 is 2.88 bits per heavy atom. The summed E-state index contributed by atoms with van der Waals surface area (Å²) >= 11 is 0. The van der Waals surface area contributed by atoms with Gasteiger partial charge in [0.25, 0.3) is 0 Å². The van der Waals surface area contributed by atoms with Gasteiger partial charge in [0.2, 0.25) is 6.79 Å². The average Bonchev–Trinajstić information content (AvgIpc) is 2.74. The van der Waals surface area contributed by atoms with Crippen molar-refractivity contribution in [2.75, 3.05) is 13.4 Å². The highest BCUT2D eigenvalue weighted by molar-refractivity contribution is 5.44. The van der Waals surface area contributed by atoms with Crippen LogP contribution < -0.4 is 9.47 Å². The Balaban J connectivity index is 1.90. The average molecular weight is 224 g/mol. The zero-order valence-corrected chi connectivity index (χ0v) is 9.56. The van der Waals surface area contributed by atoms with Crippen LogP contribution in [0.25, 0.3) is 0 Å². The quantitative estimate of drug-likeness (QED) is 0.719. The summed E-state index contributed by atoms with van der Waals surface area (Å²) in [5, 5.41) is 0. The van der Waals surface area contributed by atoms with Gasteiger partial charge in [0.15, 0.2) is 17.8 Å². The molecule has 4 nitrogen and oxygen atoms in total. The van der Waals surface area contributed by atoms with Gasteiger partial charge < -0.3 is 18.9 Å². The Morgan fingerprint density at radius 2 is 2.06 bits per heavy atom. The molecule has 4 heteroatoms. The minimum absolute atomic E-state index is 0.185. The molecule has 0 aliphatic carbocycles. The predicted octanol–water partition coefficient (Wildman–Crippen LogP) is 2.31. The van der Waals surface area contributed by atoms with Crippen LogP contribution in [-0.4, -0.2) is 19.7 Å². The molecule has 0 saturated heterocycles. The van der Waals surface area contributed by atoms with E-state index < -0.39 is 0 Å². The zero-order valence-electron chi connectivity index (χ0n) is 9.56. The zero-order chi connectivity index (χ0) is 11.4. The number of hydrogen-bond donors (Lipinski definition) is 0. The van der Waals surface area contributed by atoms with E-state index in [1.165, 1.54) is 0 Å². The molecule has 0 spiro atoms. The van der Waals surface area contributed by atoms with Crippen molar-refractivity contribution < 1.29 is 18.9 Å². The lowest BCUT2D eigenvalue weighted by molar-refractivity contribution is -0.134. The van der Waals surface area contributed by atoms with Gasteiger partial charge >= 0.3 is 0 Å². The Morgan fingerprint density at radius 1 is 1.25 bits per heavy atom. The Bertz CT molecular complexity index is 351. The Hall–Kier alpha value is -1.26. The summed E-state index contributed by atoms with van der Waals surface area (Å²) in [6.45, 7) is 5.30. The number of ether oxygens (including phenoxy) is 4. The van der Waals surface area contributed by atoms with Crippen LogP contribution in [0.3, 0.4) is 0 Å². The third-order valence-corrected chi connectivity index (χ3v) is 2.32. The van der Waals surface area contributed by atoms with Crippen LogP contribution in [0.1, 0.15) is 19.4 Å². The highest BCUT2D eigenvalue weighted by atomic mass is 16.7. The molecule has 88 valence electrons. The van der Waals surface area contributed by atoms with Crippen molar-refractivity contribution in [2.24, 2.45) is 0 Å². The van der Waals surface area contributed by atoms with Crippen molar-refractivity contribution in [3.8, 4) is 11.5 Å². The molecule has 0 aromatic heterocycles. The fraction of sp³-hybridized carbons (Fsp3) is 0.500. The summed E-state index contributed by atoms with van der Waals surface area (Å²) in [6, 6.07) is 5.79. The fourth-order valence-corrected chi connectivity index (χ4v) is 1.53. The van der Waals surface area contributed by atoms with Gasteiger partial charge in [-0.05, 0) is 31.5 Å². The van der Waals surface area contributed by atoms with Crippen LogP contribution in [0, 0.1) is 0 Å². The lowest BCUT2D eigenvalue weighted by atomic mass is 10.2.